The predicted octanol–water partition coefficient (Wildman–Crippen LogP) is 3.32. The Kier molecular flexibility index (Phi) is 3.41. The molecule has 0 aliphatic carbocycles. The maximum atomic E-state index is 5.97. The molecule has 1 atom stereocenters. The SMILES string of the molecule is CC1(C)CCC(CSc2nc(N)c3ccsc3n2)O1. The zero-order valence-electron chi connectivity index (χ0n) is 11.0. The van der Waals surface area contributed by atoms with E-state index in [9.17, 15) is 0 Å². The molecule has 102 valence electrons. The van der Waals surface area contributed by atoms with Crippen LogP contribution in [-0.4, -0.2) is 27.4 Å². The van der Waals surface area contributed by atoms with Crippen molar-refractivity contribution in [3.8, 4) is 0 Å². The first-order valence-corrected chi connectivity index (χ1v) is 8.21. The Balaban J connectivity index is 1.69. The summed E-state index contributed by atoms with van der Waals surface area (Å²) in [6.07, 6.45) is 2.52. The van der Waals surface area contributed by atoms with Crippen LogP contribution in [0.25, 0.3) is 10.2 Å². The van der Waals surface area contributed by atoms with Gasteiger partial charge in [0.25, 0.3) is 0 Å². The summed E-state index contributed by atoms with van der Waals surface area (Å²) in [7, 11) is 0. The molecule has 0 radical (unpaired) electrons. The smallest absolute Gasteiger partial charge is 0.190 e. The van der Waals surface area contributed by atoms with Gasteiger partial charge in [-0.1, -0.05) is 11.8 Å². The van der Waals surface area contributed by atoms with E-state index < -0.39 is 0 Å². The van der Waals surface area contributed by atoms with Crippen molar-refractivity contribution in [2.24, 2.45) is 0 Å². The third-order valence-electron chi connectivity index (χ3n) is 3.29. The second-order valence-corrected chi connectivity index (χ2v) is 7.26. The molecule has 3 heterocycles. The molecule has 0 amide bonds. The zero-order valence-corrected chi connectivity index (χ0v) is 12.7. The molecular formula is C13H17N3OS2. The minimum atomic E-state index is 0.0167. The van der Waals surface area contributed by atoms with E-state index in [4.69, 9.17) is 10.5 Å². The van der Waals surface area contributed by atoms with E-state index >= 15 is 0 Å². The van der Waals surface area contributed by atoms with E-state index in [1.165, 1.54) is 0 Å². The minimum Gasteiger partial charge on any atom is -0.383 e. The summed E-state index contributed by atoms with van der Waals surface area (Å²) in [6, 6.07) is 1.96. The van der Waals surface area contributed by atoms with Gasteiger partial charge in [-0.05, 0) is 38.1 Å². The number of hydrogen-bond donors (Lipinski definition) is 1. The number of anilines is 1. The normalized spacial score (nSPS) is 22.1. The lowest BCUT2D eigenvalue weighted by molar-refractivity contribution is -0.00468. The van der Waals surface area contributed by atoms with Crippen molar-refractivity contribution in [1.82, 2.24) is 9.97 Å². The number of aromatic nitrogens is 2. The van der Waals surface area contributed by atoms with Gasteiger partial charge in [0.15, 0.2) is 5.16 Å². The van der Waals surface area contributed by atoms with Gasteiger partial charge in [-0.3, -0.25) is 0 Å². The summed E-state index contributed by atoms with van der Waals surface area (Å²) in [4.78, 5) is 9.84. The number of ether oxygens (including phenoxy) is 1. The number of nitrogens with two attached hydrogens (primary N) is 1. The Hall–Kier alpha value is -0.850. The van der Waals surface area contributed by atoms with Crippen LogP contribution >= 0.6 is 23.1 Å². The highest BCUT2D eigenvalue weighted by Crippen LogP contribution is 2.33. The van der Waals surface area contributed by atoms with Crippen molar-refractivity contribution in [2.45, 2.75) is 43.6 Å². The quantitative estimate of drug-likeness (QED) is 0.695. The topological polar surface area (TPSA) is 61.0 Å². The van der Waals surface area contributed by atoms with Crippen LogP contribution in [0.15, 0.2) is 16.6 Å². The molecule has 1 fully saturated rings. The summed E-state index contributed by atoms with van der Waals surface area (Å²) < 4.78 is 5.97. The Morgan fingerprint density at radius 1 is 1.53 bits per heavy atom. The predicted molar refractivity (Wildman–Crippen MR) is 80.7 cm³/mol. The molecule has 4 nitrogen and oxygen atoms in total. The van der Waals surface area contributed by atoms with Crippen LogP contribution in [-0.2, 0) is 4.74 Å². The molecule has 1 unspecified atom stereocenters. The van der Waals surface area contributed by atoms with E-state index in [0.29, 0.717) is 11.9 Å². The molecule has 0 aromatic carbocycles. The molecule has 1 aliphatic rings. The highest BCUT2D eigenvalue weighted by molar-refractivity contribution is 7.99. The van der Waals surface area contributed by atoms with Crippen LogP contribution in [0.3, 0.4) is 0 Å². The molecule has 3 rings (SSSR count). The van der Waals surface area contributed by atoms with Gasteiger partial charge in [-0.25, -0.2) is 9.97 Å². The third kappa shape index (κ3) is 2.85. The fraction of sp³-hybridized carbons (Fsp3) is 0.538. The first-order valence-electron chi connectivity index (χ1n) is 6.35. The standard InChI is InChI=1S/C13H17N3OS2/c1-13(2)5-3-8(17-13)7-19-12-15-10(14)9-4-6-18-11(9)16-12/h4,6,8H,3,5,7H2,1-2H3,(H2,14,15,16). The van der Waals surface area contributed by atoms with E-state index in [1.807, 2.05) is 11.4 Å². The van der Waals surface area contributed by atoms with Gasteiger partial charge in [-0.2, -0.15) is 0 Å². The molecule has 6 heteroatoms. The number of fused-ring (bicyclic) bond motifs is 1. The largest absolute Gasteiger partial charge is 0.383 e. The summed E-state index contributed by atoms with van der Waals surface area (Å²) in [5.74, 6) is 1.46. The lowest BCUT2D eigenvalue weighted by Crippen LogP contribution is -2.21. The second kappa shape index (κ2) is 4.92. The fourth-order valence-corrected chi connectivity index (χ4v) is 4.00. The van der Waals surface area contributed by atoms with Gasteiger partial charge in [0.1, 0.15) is 10.6 Å². The van der Waals surface area contributed by atoms with Gasteiger partial charge in [0, 0.05) is 5.75 Å². The lowest BCUT2D eigenvalue weighted by Gasteiger charge is -2.18. The molecule has 2 aromatic heterocycles. The average molecular weight is 295 g/mol. The monoisotopic (exact) mass is 295 g/mol. The van der Waals surface area contributed by atoms with Gasteiger partial charge in [0.05, 0.1) is 17.1 Å². The van der Waals surface area contributed by atoms with Crippen molar-refractivity contribution >= 4 is 39.1 Å². The van der Waals surface area contributed by atoms with Crippen LogP contribution in [0.2, 0.25) is 0 Å². The Labute approximate surface area is 120 Å². The van der Waals surface area contributed by atoms with Crippen molar-refractivity contribution in [1.29, 1.82) is 0 Å². The van der Waals surface area contributed by atoms with E-state index in [0.717, 1.165) is 34.0 Å². The maximum Gasteiger partial charge on any atom is 0.190 e. The van der Waals surface area contributed by atoms with E-state index in [-0.39, 0.29) is 5.60 Å². The highest BCUT2D eigenvalue weighted by atomic mass is 32.2. The molecule has 0 spiro atoms. The van der Waals surface area contributed by atoms with Gasteiger partial charge in [0.2, 0.25) is 0 Å². The zero-order chi connectivity index (χ0) is 13.5. The van der Waals surface area contributed by atoms with Gasteiger partial charge >= 0.3 is 0 Å². The van der Waals surface area contributed by atoms with E-state index in [2.05, 4.69) is 23.8 Å². The molecule has 0 saturated carbocycles. The first-order chi connectivity index (χ1) is 9.03. The Morgan fingerprint density at radius 3 is 3.11 bits per heavy atom. The summed E-state index contributed by atoms with van der Waals surface area (Å²) in [5.41, 5.74) is 5.96. The number of thioether (sulfide) groups is 1. The molecule has 2 aromatic rings. The van der Waals surface area contributed by atoms with Crippen LogP contribution in [0.4, 0.5) is 5.82 Å². The Morgan fingerprint density at radius 2 is 2.37 bits per heavy atom. The average Bonchev–Trinajstić information content (AvgIpc) is 2.93. The second-order valence-electron chi connectivity index (χ2n) is 5.38. The molecule has 2 N–H and O–H groups in total. The molecule has 0 bridgehead atoms. The van der Waals surface area contributed by atoms with Gasteiger partial charge in [-0.15, -0.1) is 11.3 Å². The maximum absolute atomic E-state index is 5.97. The molecular weight excluding hydrogens is 278 g/mol. The first kappa shape index (κ1) is 13.1. The van der Waals surface area contributed by atoms with Crippen LogP contribution in [0.1, 0.15) is 26.7 Å². The summed E-state index contributed by atoms with van der Waals surface area (Å²) >= 11 is 3.23. The summed E-state index contributed by atoms with van der Waals surface area (Å²) in [5, 5.41) is 3.69. The number of nitrogen functional groups attached to an aromatic ring is 1. The number of hydrogen-bond acceptors (Lipinski definition) is 6. The van der Waals surface area contributed by atoms with Crippen LogP contribution in [0.5, 0.6) is 0 Å². The fourth-order valence-electron chi connectivity index (χ4n) is 2.28. The number of rotatable bonds is 3. The minimum absolute atomic E-state index is 0.0167. The molecule has 1 saturated heterocycles. The summed E-state index contributed by atoms with van der Waals surface area (Å²) in [6.45, 7) is 4.29. The van der Waals surface area contributed by atoms with Crippen molar-refractivity contribution in [2.75, 3.05) is 11.5 Å². The number of thiophene rings is 1. The lowest BCUT2D eigenvalue weighted by atomic mass is 10.1. The number of nitrogens with zero attached hydrogens (tertiary/aromatic N) is 2. The van der Waals surface area contributed by atoms with Crippen molar-refractivity contribution in [3.63, 3.8) is 0 Å². The van der Waals surface area contributed by atoms with Crippen molar-refractivity contribution < 1.29 is 4.74 Å². The van der Waals surface area contributed by atoms with Crippen molar-refractivity contribution in [3.05, 3.63) is 11.4 Å². The third-order valence-corrected chi connectivity index (χ3v) is 5.07. The molecule has 19 heavy (non-hydrogen) atoms. The van der Waals surface area contributed by atoms with Crippen LogP contribution < -0.4 is 5.73 Å². The highest BCUT2D eigenvalue weighted by Gasteiger charge is 2.31. The van der Waals surface area contributed by atoms with Gasteiger partial charge < -0.3 is 10.5 Å². The molecule has 1 aliphatic heterocycles. The Bertz CT molecular complexity index is 597. The van der Waals surface area contributed by atoms with E-state index in [1.54, 1.807) is 23.1 Å². The van der Waals surface area contributed by atoms with Crippen LogP contribution in [0, 0.1) is 0 Å².